The number of carbonyl (C=O) groups excluding carboxylic acids is 1. The molecule has 1 atom stereocenters. The maximum absolute atomic E-state index is 11.8. The van der Waals surface area contributed by atoms with Gasteiger partial charge in [-0.25, -0.2) is 4.99 Å². The lowest BCUT2D eigenvalue weighted by atomic mass is 10.2. The second-order valence-corrected chi connectivity index (χ2v) is 6.46. The molecule has 2 rings (SSSR count). The van der Waals surface area contributed by atoms with Crippen molar-refractivity contribution < 1.29 is 4.79 Å². The van der Waals surface area contributed by atoms with Crippen molar-refractivity contribution in [2.24, 2.45) is 4.99 Å². The van der Waals surface area contributed by atoms with Gasteiger partial charge in [0.1, 0.15) is 0 Å². The van der Waals surface area contributed by atoms with Gasteiger partial charge < -0.3 is 5.32 Å². The van der Waals surface area contributed by atoms with Crippen LogP contribution in [0.25, 0.3) is 0 Å². The van der Waals surface area contributed by atoms with Crippen LogP contribution in [0.2, 0.25) is 0 Å². The van der Waals surface area contributed by atoms with Gasteiger partial charge in [0, 0.05) is 5.56 Å². The number of thioether (sulfide) groups is 1. The lowest BCUT2D eigenvalue weighted by Crippen LogP contribution is -2.27. The number of aliphatic imine (C=N–C) groups is 1. The number of nitrogens with one attached hydrogen (secondary N) is 1. The normalized spacial score (nSPS) is 19.3. The highest BCUT2D eigenvalue weighted by Gasteiger charge is 2.20. The topological polar surface area (TPSA) is 41.5 Å². The molecule has 3 nitrogen and oxygen atoms in total. The Hall–Kier alpha value is -0.590. The molecule has 1 aliphatic heterocycles. The molecule has 1 aliphatic rings. The van der Waals surface area contributed by atoms with E-state index in [2.05, 4.69) is 10.3 Å². The second kappa shape index (κ2) is 5.65. The molecule has 0 saturated carbocycles. The lowest BCUT2D eigenvalue weighted by Gasteiger charge is -2.02. The van der Waals surface area contributed by atoms with E-state index in [1.165, 1.54) is 10.8 Å². The molecule has 0 spiro atoms. The van der Waals surface area contributed by atoms with Crippen molar-refractivity contribution in [3.05, 3.63) is 35.9 Å². The number of carbonyl (C=O) groups is 1. The molecule has 16 heavy (non-hydrogen) atoms. The predicted molar refractivity (Wildman–Crippen MR) is 73.8 cm³/mol. The summed E-state index contributed by atoms with van der Waals surface area (Å²) in [5.74, 6) is -0.103. The number of rotatable bonds is 2. The smallest absolute Gasteiger partial charge is 0.257 e. The standard InChI is InChI=1S/C10H10N2OS3/c1-14-10-12-9(15-16-10)11-8(13)7-5-3-2-4-6-7/h2-6,10H,1H3,(H,11,12,13). The largest absolute Gasteiger partial charge is 0.301 e. The third-order valence-corrected chi connectivity index (χ3v) is 5.67. The van der Waals surface area contributed by atoms with Crippen LogP contribution in [-0.4, -0.2) is 22.0 Å². The van der Waals surface area contributed by atoms with Gasteiger partial charge in [-0.15, -0.1) is 11.8 Å². The summed E-state index contributed by atoms with van der Waals surface area (Å²) in [6.07, 6.45) is 2.00. The Morgan fingerprint density at radius 2 is 2.19 bits per heavy atom. The molecule has 1 N–H and O–H groups in total. The van der Waals surface area contributed by atoms with Gasteiger partial charge in [0.05, 0.1) is 0 Å². The molecule has 0 bridgehead atoms. The first kappa shape index (κ1) is 11.9. The molecule has 1 aromatic rings. The van der Waals surface area contributed by atoms with Gasteiger partial charge in [-0.05, 0) is 40.0 Å². The summed E-state index contributed by atoms with van der Waals surface area (Å²) in [6.45, 7) is 0. The number of hydrogen-bond acceptors (Lipinski definition) is 5. The Bertz CT molecular complexity index is 408. The fourth-order valence-electron chi connectivity index (χ4n) is 1.13. The Kier molecular flexibility index (Phi) is 4.20. The van der Waals surface area contributed by atoms with Crippen molar-refractivity contribution in [2.75, 3.05) is 6.26 Å². The van der Waals surface area contributed by atoms with Crippen LogP contribution in [-0.2, 0) is 0 Å². The van der Waals surface area contributed by atoms with Crippen molar-refractivity contribution in [2.45, 2.75) is 4.71 Å². The summed E-state index contributed by atoms with van der Waals surface area (Å²) >= 11 is 1.66. The van der Waals surface area contributed by atoms with Gasteiger partial charge in [0.25, 0.3) is 5.91 Å². The molecular formula is C10H10N2OS3. The van der Waals surface area contributed by atoms with E-state index in [-0.39, 0.29) is 10.6 Å². The van der Waals surface area contributed by atoms with Gasteiger partial charge in [-0.3, -0.25) is 4.79 Å². The molecule has 0 aliphatic carbocycles. The lowest BCUT2D eigenvalue weighted by molar-refractivity contribution is 0.0978. The Morgan fingerprint density at radius 1 is 1.44 bits per heavy atom. The minimum atomic E-state index is -0.103. The zero-order valence-corrected chi connectivity index (χ0v) is 11.0. The third-order valence-electron chi connectivity index (χ3n) is 1.89. The fourth-order valence-corrected chi connectivity index (χ4v) is 4.36. The van der Waals surface area contributed by atoms with Crippen molar-refractivity contribution in [1.82, 2.24) is 5.32 Å². The number of hydrogen-bond donors (Lipinski definition) is 1. The van der Waals surface area contributed by atoms with Gasteiger partial charge >= 0.3 is 0 Å². The highest BCUT2D eigenvalue weighted by atomic mass is 33.1. The molecule has 0 saturated heterocycles. The summed E-state index contributed by atoms with van der Waals surface area (Å²) in [4.78, 5) is 16.1. The summed E-state index contributed by atoms with van der Waals surface area (Å²) in [7, 11) is 3.16. The highest BCUT2D eigenvalue weighted by Crippen LogP contribution is 2.40. The zero-order chi connectivity index (χ0) is 11.4. The monoisotopic (exact) mass is 270 g/mol. The Morgan fingerprint density at radius 3 is 2.81 bits per heavy atom. The van der Waals surface area contributed by atoms with Crippen LogP contribution >= 0.6 is 33.3 Å². The first-order chi connectivity index (χ1) is 7.79. The summed E-state index contributed by atoms with van der Waals surface area (Å²) in [5.41, 5.74) is 0.656. The van der Waals surface area contributed by atoms with Crippen LogP contribution in [0.15, 0.2) is 35.3 Å². The first-order valence-corrected chi connectivity index (χ1v) is 8.10. The average molecular weight is 270 g/mol. The highest BCUT2D eigenvalue weighted by molar-refractivity contribution is 8.84. The second-order valence-electron chi connectivity index (χ2n) is 2.98. The van der Waals surface area contributed by atoms with Gasteiger partial charge in [0.15, 0.2) is 9.87 Å². The van der Waals surface area contributed by atoms with Crippen molar-refractivity contribution >= 4 is 44.4 Å². The summed E-state index contributed by atoms with van der Waals surface area (Å²) in [6, 6.07) is 9.15. The molecule has 1 unspecified atom stereocenters. The Labute approximate surface area is 106 Å². The van der Waals surface area contributed by atoms with E-state index in [0.717, 1.165) is 0 Å². The van der Waals surface area contributed by atoms with Crippen LogP contribution in [0.5, 0.6) is 0 Å². The van der Waals surface area contributed by atoms with E-state index in [1.54, 1.807) is 34.7 Å². The van der Waals surface area contributed by atoms with E-state index < -0.39 is 0 Å². The van der Waals surface area contributed by atoms with Crippen LogP contribution in [0.1, 0.15) is 10.4 Å². The predicted octanol–water partition coefficient (Wildman–Crippen LogP) is 2.81. The molecule has 1 aromatic carbocycles. The number of nitrogens with zero attached hydrogens (tertiary/aromatic N) is 1. The molecule has 0 fully saturated rings. The third kappa shape index (κ3) is 2.96. The first-order valence-electron chi connectivity index (χ1n) is 4.60. The molecule has 1 heterocycles. The molecule has 1 amide bonds. The van der Waals surface area contributed by atoms with Crippen molar-refractivity contribution in [1.29, 1.82) is 0 Å². The zero-order valence-electron chi connectivity index (χ0n) is 8.54. The Balaban J connectivity index is 1.99. The summed E-state index contributed by atoms with van der Waals surface area (Å²) in [5, 5.41) is 3.49. The fraction of sp³-hybridized carbons (Fsp3) is 0.200. The van der Waals surface area contributed by atoms with Crippen LogP contribution in [0.4, 0.5) is 0 Å². The number of benzene rings is 1. The summed E-state index contributed by atoms with van der Waals surface area (Å²) < 4.78 is 0.191. The maximum atomic E-state index is 11.8. The molecule has 6 heteroatoms. The van der Waals surface area contributed by atoms with Crippen molar-refractivity contribution in [3.63, 3.8) is 0 Å². The molecule has 0 radical (unpaired) electrons. The molecule has 84 valence electrons. The van der Waals surface area contributed by atoms with Crippen LogP contribution in [0.3, 0.4) is 0 Å². The van der Waals surface area contributed by atoms with Gasteiger partial charge in [-0.2, -0.15) is 0 Å². The minimum Gasteiger partial charge on any atom is -0.301 e. The molecular weight excluding hydrogens is 260 g/mol. The number of amidine groups is 1. The van der Waals surface area contributed by atoms with Gasteiger partial charge in [0.2, 0.25) is 0 Å². The van der Waals surface area contributed by atoms with Crippen molar-refractivity contribution in [3.8, 4) is 0 Å². The van der Waals surface area contributed by atoms with Gasteiger partial charge in [-0.1, -0.05) is 18.2 Å². The van der Waals surface area contributed by atoms with Crippen LogP contribution in [0, 0.1) is 0 Å². The SMILES string of the molecule is CSC1N=C(NC(=O)c2ccccc2)SS1. The van der Waals surface area contributed by atoms with E-state index in [1.807, 2.05) is 24.5 Å². The van der Waals surface area contributed by atoms with E-state index in [4.69, 9.17) is 0 Å². The minimum absolute atomic E-state index is 0.103. The molecule has 0 aromatic heterocycles. The van der Waals surface area contributed by atoms with E-state index in [0.29, 0.717) is 10.7 Å². The van der Waals surface area contributed by atoms with E-state index in [9.17, 15) is 4.79 Å². The maximum Gasteiger partial charge on any atom is 0.257 e. The average Bonchev–Trinajstić information content (AvgIpc) is 2.78. The van der Waals surface area contributed by atoms with Crippen LogP contribution < -0.4 is 5.32 Å². The van der Waals surface area contributed by atoms with E-state index >= 15 is 0 Å². The number of amides is 1. The quantitative estimate of drug-likeness (QED) is 0.839.